The van der Waals surface area contributed by atoms with Crippen LogP contribution < -0.4 is 0 Å². The first-order valence-electron chi connectivity index (χ1n) is 5.71. The molecular formula is C12H15N3O2S. The van der Waals surface area contributed by atoms with Crippen LogP contribution in [0.4, 0.5) is 0 Å². The number of hydrogen-bond donors (Lipinski definition) is 1. The fourth-order valence-electron chi connectivity index (χ4n) is 1.85. The van der Waals surface area contributed by atoms with E-state index in [9.17, 15) is 4.79 Å². The van der Waals surface area contributed by atoms with Crippen LogP contribution in [0.15, 0.2) is 18.3 Å². The highest BCUT2D eigenvalue weighted by atomic mass is 32.2. The van der Waals surface area contributed by atoms with Gasteiger partial charge in [0.1, 0.15) is 11.3 Å². The van der Waals surface area contributed by atoms with Crippen molar-refractivity contribution in [3.05, 3.63) is 24.2 Å². The summed E-state index contributed by atoms with van der Waals surface area (Å²) in [5.74, 6) is 0.755. The molecule has 2 rings (SSSR count). The summed E-state index contributed by atoms with van der Waals surface area (Å²) in [7, 11) is 0. The summed E-state index contributed by atoms with van der Waals surface area (Å²) in [6.07, 6.45) is 1.75. The van der Waals surface area contributed by atoms with Crippen LogP contribution in [0.3, 0.4) is 0 Å². The molecule has 96 valence electrons. The highest BCUT2D eigenvalue weighted by molar-refractivity contribution is 7.99. The molecule has 0 aromatic carbocycles. The molecule has 0 radical (unpaired) electrons. The Morgan fingerprint density at radius 3 is 3.00 bits per heavy atom. The molecule has 2 heterocycles. The van der Waals surface area contributed by atoms with E-state index in [0.717, 1.165) is 17.0 Å². The maximum absolute atomic E-state index is 10.5. The number of thioether (sulfide) groups is 1. The second-order valence-electron chi connectivity index (χ2n) is 4.22. The molecule has 0 amide bonds. The molecule has 0 saturated heterocycles. The van der Waals surface area contributed by atoms with Crippen LogP contribution in [0, 0.1) is 0 Å². The largest absolute Gasteiger partial charge is 0.481 e. The first kappa shape index (κ1) is 12.9. The van der Waals surface area contributed by atoms with E-state index >= 15 is 0 Å². The standard InChI is InChI=1S/C12H15N3O2S/c1-8(2)15-10(6-18-7-11(16)17)14-9-4-3-5-13-12(9)15/h3-5,8H,6-7H2,1-2H3,(H,16,17). The van der Waals surface area contributed by atoms with Crippen molar-refractivity contribution in [3.63, 3.8) is 0 Å². The number of rotatable bonds is 5. The summed E-state index contributed by atoms with van der Waals surface area (Å²) in [6, 6.07) is 4.03. The number of hydrogen-bond acceptors (Lipinski definition) is 4. The molecule has 0 unspecified atom stereocenters. The van der Waals surface area contributed by atoms with Gasteiger partial charge in [0.05, 0.1) is 11.5 Å². The fraction of sp³-hybridized carbons (Fsp3) is 0.417. The van der Waals surface area contributed by atoms with Crippen molar-refractivity contribution < 1.29 is 9.90 Å². The number of fused-ring (bicyclic) bond motifs is 1. The number of carboxylic acid groups (broad SMARTS) is 1. The maximum Gasteiger partial charge on any atom is 0.313 e. The normalized spacial score (nSPS) is 11.3. The Kier molecular flexibility index (Phi) is 3.86. The van der Waals surface area contributed by atoms with E-state index in [0.29, 0.717) is 5.75 Å². The zero-order valence-corrected chi connectivity index (χ0v) is 11.1. The van der Waals surface area contributed by atoms with Gasteiger partial charge < -0.3 is 9.67 Å². The van der Waals surface area contributed by atoms with Gasteiger partial charge in [0.2, 0.25) is 0 Å². The zero-order valence-electron chi connectivity index (χ0n) is 10.3. The molecule has 5 nitrogen and oxygen atoms in total. The predicted molar refractivity (Wildman–Crippen MR) is 71.7 cm³/mol. The molecule has 0 fully saturated rings. The van der Waals surface area contributed by atoms with Crippen molar-refractivity contribution in [2.45, 2.75) is 25.6 Å². The van der Waals surface area contributed by atoms with E-state index in [1.165, 1.54) is 11.8 Å². The van der Waals surface area contributed by atoms with Crippen molar-refractivity contribution in [2.75, 3.05) is 5.75 Å². The smallest absolute Gasteiger partial charge is 0.313 e. The Balaban J connectivity index is 2.31. The van der Waals surface area contributed by atoms with Gasteiger partial charge in [-0.05, 0) is 26.0 Å². The Bertz CT molecular complexity index is 565. The molecule has 0 spiro atoms. The predicted octanol–water partition coefficient (Wildman–Crippen LogP) is 2.33. The SMILES string of the molecule is CC(C)n1c(CSCC(=O)O)nc2cccnc21. The van der Waals surface area contributed by atoms with Crippen LogP contribution >= 0.6 is 11.8 Å². The summed E-state index contributed by atoms with van der Waals surface area (Å²) in [5, 5.41) is 8.65. The summed E-state index contributed by atoms with van der Waals surface area (Å²) in [4.78, 5) is 19.4. The van der Waals surface area contributed by atoms with Gasteiger partial charge in [0.15, 0.2) is 5.65 Å². The Morgan fingerprint density at radius 1 is 1.56 bits per heavy atom. The van der Waals surface area contributed by atoms with Crippen LogP contribution in [-0.2, 0) is 10.5 Å². The van der Waals surface area contributed by atoms with Crippen molar-refractivity contribution in [1.82, 2.24) is 14.5 Å². The summed E-state index contributed by atoms with van der Waals surface area (Å²) < 4.78 is 2.06. The van der Waals surface area contributed by atoms with Gasteiger partial charge >= 0.3 is 5.97 Å². The van der Waals surface area contributed by atoms with Crippen LogP contribution in [0.2, 0.25) is 0 Å². The lowest BCUT2D eigenvalue weighted by Gasteiger charge is -2.11. The Hall–Kier alpha value is -1.56. The molecule has 0 aliphatic carbocycles. The van der Waals surface area contributed by atoms with Gasteiger partial charge in [-0.3, -0.25) is 4.79 Å². The van der Waals surface area contributed by atoms with E-state index < -0.39 is 5.97 Å². The van der Waals surface area contributed by atoms with E-state index in [1.807, 2.05) is 12.1 Å². The number of carbonyl (C=O) groups is 1. The molecule has 0 saturated carbocycles. The highest BCUT2D eigenvalue weighted by Crippen LogP contribution is 2.22. The monoisotopic (exact) mass is 265 g/mol. The molecule has 0 bridgehead atoms. The minimum absolute atomic E-state index is 0.0920. The molecule has 0 aliphatic heterocycles. The van der Waals surface area contributed by atoms with Crippen molar-refractivity contribution in [3.8, 4) is 0 Å². The number of aromatic nitrogens is 3. The third kappa shape index (κ3) is 2.64. The Morgan fingerprint density at radius 2 is 2.33 bits per heavy atom. The van der Waals surface area contributed by atoms with Crippen LogP contribution in [0.1, 0.15) is 25.7 Å². The first-order chi connectivity index (χ1) is 8.59. The number of pyridine rings is 1. The lowest BCUT2D eigenvalue weighted by Crippen LogP contribution is -2.07. The summed E-state index contributed by atoms with van der Waals surface area (Å²) >= 11 is 1.35. The van der Waals surface area contributed by atoms with Gasteiger partial charge in [-0.1, -0.05) is 0 Å². The minimum atomic E-state index is -0.801. The first-order valence-corrected chi connectivity index (χ1v) is 6.86. The average Bonchev–Trinajstić information content (AvgIpc) is 2.66. The summed E-state index contributed by atoms with van der Waals surface area (Å²) in [6.45, 7) is 4.14. The maximum atomic E-state index is 10.5. The molecule has 1 N–H and O–H groups in total. The number of nitrogens with zero attached hydrogens (tertiary/aromatic N) is 3. The number of imidazole rings is 1. The zero-order chi connectivity index (χ0) is 13.1. The van der Waals surface area contributed by atoms with E-state index in [-0.39, 0.29) is 11.8 Å². The molecule has 2 aromatic heterocycles. The van der Waals surface area contributed by atoms with Crippen molar-refractivity contribution >= 4 is 28.9 Å². The van der Waals surface area contributed by atoms with Gasteiger partial charge in [0, 0.05) is 12.2 Å². The van der Waals surface area contributed by atoms with Crippen LogP contribution in [0.25, 0.3) is 11.2 Å². The lowest BCUT2D eigenvalue weighted by atomic mass is 10.3. The average molecular weight is 265 g/mol. The third-order valence-electron chi connectivity index (χ3n) is 2.49. The quantitative estimate of drug-likeness (QED) is 0.898. The lowest BCUT2D eigenvalue weighted by molar-refractivity contribution is -0.133. The fourth-order valence-corrected chi connectivity index (χ4v) is 2.51. The molecule has 6 heteroatoms. The van der Waals surface area contributed by atoms with Crippen LogP contribution in [-0.4, -0.2) is 31.4 Å². The third-order valence-corrected chi connectivity index (χ3v) is 3.41. The molecule has 2 aromatic rings. The van der Waals surface area contributed by atoms with Crippen LogP contribution in [0.5, 0.6) is 0 Å². The number of carboxylic acids is 1. The molecule has 0 atom stereocenters. The van der Waals surface area contributed by atoms with Gasteiger partial charge in [-0.15, -0.1) is 11.8 Å². The molecule has 0 aliphatic rings. The number of aliphatic carboxylic acids is 1. The summed E-state index contributed by atoms with van der Waals surface area (Å²) in [5.41, 5.74) is 1.72. The minimum Gasteiger partial charge on any atom is -0.481 e. The van der Waals surface area contributed by atoms with Gasteiger partial charge in [-0.2, -0.15) is 0 Å². The van der Waals surface area contributed by atoms with E-state index in [4.69, 9.17) is 5.11 Å². The molecular weight excluding hydrogens is 250 g/mol. The molecule has 18 heavy (non-hydrogen) atoms. The second kappa shape index (κ2) is 5.39. The van der Waals surface area contributed by atoms with E-state index in [2.05, 4.69) is 28.4 Å². The van der Waals surface area contributed by atoms with Gasteiger partial charge in [0.25, 0.3) is 0 Å². The topological polar surface area (TPSA) is 68.0 Å². The van der Waals surface area contributed by atoms with Crippen molar-refractivity contribution in [1.29, 1.82) is 0 Å². The second-order valence-corrected chi connectivity index (χ2v) is 5.21. The Labute approximate surface area is 109 Å². The highest BCUT2D eigenvalue weighted by Gasteiger charge is 2.14. The van der Waals surface area contributed by atoms with Gasteiger partial charge in [-0.25, -0.2) is 9.97 Å². The van der Waals surface area contributed by atoms with Crippen molar-refractivity contribution in [2.24, 2.45) is 0 Å². The van der Waals surface area contributed by atoms with E-state index in [1.54, 1.807) is 6.20 Å².